The number of nitrogens with zero attached hydrogens (tertiary/aromatic N) is 5. The molecule has 54 heavy (non-hydrogen) atoms. The Bertz CT molecular complexity index is 1930. The van der Waals surface area contributed by atoms with Crippen LogP contribution < -0.4 is 4.90 Å². The summed E-state index contributed by atoms with van der Waals surface area (Å²) in [5.74, 6) is -0.429. The molecule has 280 valence electrons. The number of carbonyl (C=O) groups is 4. The van der Waals surface area contributed by atoms with Crippen molar-refractivity contribution >= 4 is 46.9 Å². The van der Waals surface area contributed by atoms with Crippen LogP contribution in [-0.2, 0) is 28.8 Å². The third-order valence-electron chi connectivity index (χ3n) is 10.8. The minimum Gasteiger partial charge on any atom is -0.456 e. The molecule has 1 aliphatic carbocycles. The highest BCUT2D eigenvalue weighted by Gasteiger charge is 2.34. The molecule has 4 aliphatic heterocycles. The highest BCUT2D eigenvalue weighted by molar-refractivity contribution is 6.01. The van der Waals surface area contributed by atoms with E-state index in [1.807, 2.05) is 36.6 Å². The summed E-state index contributed by atoms with van der Waals surface area (Å²) in [5, 5.41) is 0.512. The highest BCUT2D eigenvalue weighted by atomic mass is 16.7. The predicted octanol–water partition coefficient (Wildman–Crippen LogP) is 5.69. The number of hydroxylamine groups is 2. The van der Waals surface area contributed by atoms with Crippen molar-refractivity contribution in [2.75, 3.05) is 51.2 Å². The molecule has 11 heteroatoms. The normalized spacial score (nSPS) is 21.3. The first kappa shape index (κ1) is 36.8. The number of piperazine rings is 1. The fourth-order valence-corrected chi connectivity index (χ4v) is 7.69. The molecule has 0 N–H and O–H groups in total. The SMILES string of the molecule is C=CC1=C(c2ccc(N(C)c3ccccc3)cc2)C2=CCC(N3CCCCC3)C=C2O/C1=C/C=[N+]1CCN(C(=O)CCC(=O)ON2C(=O)CCC2=O)CC1. The smallest absolute Gasteiger partial charge is 0.333 e. The number of ether oxygens (including phenoxy) is 1. The first-order chi connectivity index (χ1) is 26.3. The van der Waals surface area contributed by atoms with Gasteiger partial charge in [0.15, 0.2) is 19.3 Å². The fraction of sp³-hybridized carbons (Fsp3) is 0.372. The first-order valence-corrected chi connectivity index (χ1v) is 19.0. The molecule has 0 spiro atoms. The third-order valence-corrected chi connectivity index (χ3v) is 10.8. The molecule has 0 radical (unpaired) electrons. The van der Waals surface area contributed by atoms with E-state index in [0.29, 0.717) is 37.3 Å². The molecular formula is C43H48N5O6+. The molecule has 4 heterocycles. The Morgan fingerprint density at radius 3 is 2.30 bits per heavy atom. The quantitative estimate of drug-likeness (QED) is 0.227. The highest BCUT2D eigenvalue weighted by Crippen LogP contribution is 2.44. The number of carbonyl (C=O) groups excluding carboxylic acids is 4. The van der Waals surface area contributed by atoms with E-state index in [-0.39, 0.29) is 31.6 Å². The number of hydrogen-bond donors (Lipinski definition) is 0. The van der Waals surface area contributed by atoms with Crippen molar-refractivity contribution in [2.45, 2.75) is 57.4 Å². The summed E-state index contributed by atoms with van der Waals surface area (Å²) in [7, 11) is 2.07. The van der Waals surface area contributed by atoms with Crippen LogP contribution in [0.2, 0.25) is 0 Å². The lowest BCUT2D eigenvalue weighted by atomic mass is 9.84. The number of imide groups is 1. The average molecular weight is 731 g/mol. The van der Waals surface area contributed by atoms with Gasteiger partial charge in [0, 0.05) is 66.5 Å². The molecule has 0 bridgehead atoms. The summed E-state index contributed by atoms with van der Waals surface area (Å²) in [6.45, 7) is 8.64. The van der Waals surface area contributed by atoms with Gasteiger partial charge in [-0.25, -0.2) is 9.37 Å². The molecule has 7 rings (SSSR count). The van der Waals surface area contributed by atoms with Gasteiger partial charge in [-0.3, -0.25) is 19.3 Å². The summed E-state index contributed by atoms with van der Waals surface area (Å²) >= 11 is 0. The lowest BCUT2D eigenvalue weighted by molar-refractivity contribution is -0.533. The van der Waals surface area contributed by atoms with Crippen molar-refractivity contribution in [3.05, 3.63) is 114 Å². The number of piperidine rings is 1. The maximum atomic E-state index is 12.9. The Labute approximate surface area is 316 Å². The van der Waals surface area contributed by atoms with Crippen molar-refractivity contribution in [3.8, 4) is 0 Å². The van der Waals surface area contributed by atoms with Gasteiger partial charge in [0.2, 0.25) is 5.91 Å². The van der Waals surface area contributed by atoms with E-state index in [0.717, 1.165) is 64.7 Å². The Balaban J connectivity index is 1.08. The first-order valence-electron chi connectivity index (χ1n) is 19.0. The van der Waals surface area contributed by atoms with Gasteiger partial charge in [-0.05, 0) is 68.3 Å². The molecule has 0 aromatic heterocycles. The van der Waals surface area contributed by atoms with Gasteiger partial charge >= 0.3 is 5.97 Å². The average Bonchev–Trinajstić information content (AvgIpc) is 3.53. The number of likely N-dealkylation sites (tertiary alicyclic amines) is 1. The number of para-hydroxylation sites is 1. The Hall–Kier alpha value is -5.55. The summed E-state index contributed by atoms with van der Waals surface area (Å²) in [5.41, 5.74) is 6.41. The van der Waals surface area contributed by atoms with E-state index >= 15 is 0 Å². The van der Waals surface area contributed by atoms with Crippen LogP contribution in [0.3, 0.4) is 0 Å². The largest absolute Gasteiger partial charge is 0.456 e. The van der Waals surface area contributed by atoms with Crippen molar-refractivity contribution in [3.63, 3.8) is 0 Å². The molecule has 1 unspecified atom stereocenters. The van der Waals surface area contributed by atoms with Crippen LogP contribution in [0.5, 0.6) is 0 Å². The summed E-state index contributed by atoms with van der Waals surface area (Å²) in [6, 6.07) is 19.3. The number of allylic oxidation sites excluding steroid dienone is 3. The lowest BCUT2D eigenvalue weighted by Gasteiger charge is -2.37. The van der Waals surface area contributed by atoms with E-state index in [1.54, 1.807) is 4.90 Å². The van der Waals surface area contributed by atoms with Gasteiger partial charge in [0.25, 0.3) is 11.8 Å². The number of fused-ring (bicyclic) bond motifs is 1. The van der Waals surface area contributed by atoms with E-state index in [2.05, 4.69) is 76.6 Å². The topological polar surface area (TPSA) is 103 Å². The van der Waals surface area contributed by atoms with Crippen LogP contribution in [0.4, 0.5) is 11.4 Å². The van der Waals surface area contributed by atoms with Gasteiger partial charge in [-0.15, -0.1) is 5.06 Å². The Kier molecular flexibility index (Phi) is 11.3. The summed E-state index contributed by atoms with van der Waals surface area (Å²) in [4.78, 5) is 60.0. The zero-order valence-electron chi connectivity index (χ0n) is 31.0. The number of benzene rings is 2. The molecular weight excluding hydrogens is 683 g/mol. The molecule has 2 aromatic rings. The van der Waals surface area contributed by atoms with Gasteiger partial charge in [0.05, 0.1) is 19.5 Å². The molecule has 1 atom stereocenters. The standard InChI is InChI=1S/C43H48N5O6/c1-3-35-37(22-25-45-26-28-47(29-27-45)39(49)20-21-42(52)54-48-40(50)18-19-41(48)51)53-38-30-34(46-23-8-5-9-24-46)16-17-36(38)43(35)31-12-14-33(15-13-31)44(2)32-10-6-4-7-11-32/h3-4,6-7,10-15,17,22,25,30,34H,1,5,8-9,16,18-21,23-24,26-29H2,2H3/q+1. The molecule has 0 saturated carbocycles. The molecule has 3 amide bonds. The number of anilines is 2. The van der Waals surface area contributed by atoms with E-state index < -0.39 is 17.8 Å². The molecule has 3 fully saturated rings. The van der Waals surface area contributed by atoms with Crippen LogP contribution in [0.1, 0.15) is 56.9 Å². The van der Waals surface area contributed by atoms with Gasteiger partial charge in [-0.1, -0.05) is 55.5 Å². The maximum absolute atomic E-state index is 12.9. The van der Waals surface area contributed by atoms with Gasteiger partial charge in [0.1, 0.15) is 11.5 Å². The molecule has 5 aliphatic rings. The minimum absolute atomic E-state index is 0.0258. The van der Waals surface area contributed by atoms with E-state index in [9.17, 15) is 19.2 Å². The number of hydrogen-bond acceptors (Lipinski definition) is 8. The second-order valence-corrected chi connectivity index (χ2v) is 14.2. The minimum atomic E-state index is -0.771. The summed E-state index contributed by atoms with van der Waals surface area (Å²) in [6.07, 6.45) is 15.0. The van der Waals surface area contributed by atoms with Crippen molar-refractivity contribution < 1.29 is 33.3 Å². The van der Waals surface area contributed by atoms with Crippen molar-refractivity contribution in [2.24, 2.45) is 0 Å². The third kappa shape index (κ3) is 8.16. The van der Waals surface area contributed by atoms with Gasteiger partial charge < -0.3 is 19.4 Å². The Morgan fingerprint density at radius 1 is 0.926 bits per heavy atom. The lowest BCUT2D eigenvalue weighted by Crippen LogP contribution is -2.45. The van der Waals surface area contributed by atoms with Crippen LogP contribution in [0.15, 0.2) is 108 Å². The van der Waals surface area contributed by atoms with Crippen LogP contribution in [-0.4, -0.2) is 102 Å². The van der Waals surface area contributed by atoms with Crippen molar-refractivity contribution in [1.82, 2.24) is 14.9 Å². The van der Waals surface area contributed by atoms with E-state index in [4.69, 9.17) is 9.57 Å². The molecule has 11 nitrogen and oxygen atoms in total. The number of amides is 3. The summed E-state index contributed by atoms with van der Waals surface area (Å²) < 4.78 is 8.89. The van der Waals surface area contributed by atoms with Gasteiger partial charge in [-0.2, -0.15) is 0 Å². The van der Waals surface area contributed by atoms with Crippen molar-refractivity contribution in [1.29, 1.82) is 0 Å². The maximum Gasteiger partial charge on any atom is 0.333 e. The number of rotatable bonds is 10. The van der Waals surface area contributed by atoms with E-state index in [1.165, 1.54) is 19.3 Å². The zero-order chi connectivity index (χ0) is 37.6. The second-order valence-electron chi connectivity index (χ2n) is 14.2. The monoisotopic (exact) mass is 730 g/mol. The van der Waals surface area contributed by atoms with Crippen LogP contribution >= 0.6 is 0 Å². The predicted molar refractivity (Wildman–Crippen MR) is 206 cm³/mol. The fourth-order valence-electron chi connectivity index (χ4n) is 7.69. The second kappa shape index (κ2) is 16.6. The van der Waals surface area contributed by atoms with Crippen LogP contribution in [0, 0.1) is 0 Å². The zero-order valence-corrected chi connectivity index (χ0v) is 31.0. The molecule has 3 saturated heterocycles. The Morgan fingerprint density at radius 2 is 1.61 bits per heavy atom. The van der Waals surface area contributed by atoms with Crippen LogP contribution in [0.25, 0.3) is 5.57 Å². The molecule has 2 aromatic carbocycles.